The van der Waals surface area contributed by atoms with Gasteiger partial charge in [-0.3, -0.25) is 0 Å². The highest BCUT2D eigenvalue weighted by molar-refractivity contribution is 5.95. The number of hydrogen-bond donors (Lipinski definition) is 1. The van der Waals surface area contributed by atoms with Crippen LogP contribution in [0.25, 0.3) is 17.0 Å². The van der Waals surface area contributed by atoms with Crippen molar-refractivity contribution in [3.63, 3.8) is 0 Å². The number of carbonyl (C=O) groups is 1. The van der Waals surface area contributed by atoms with Crippen LogP contribution in [0.4, 0.5) is 0 Å². The predicted octanol–water partition coefficient (Wildman–Crippen LogP) is 7.08. The molecule has 6 heteroatoms. The van der Waals surface area contributed by atoms with Crippen LogP contribution in [0.1, 0.15) is 54.5 Å². The van der Waals surface area contributed by atoms with Crippen molar-refractivity contribution in [3.8, 4) is 5.88 Å². The Labute approximate surface area is 233 Å². The van der Waals surface area contributed by atoms with Crippen molar-refractivity contribution in [2.75, 3.05) is 0 Å². The van der Waals surface area contributed by atoms with E-state index in [1.807, 2.05) is 65.3 Å². The molecule has 6 nitrogen and oxygen atoms in total. The van der Waals surface area contributed by atoms with Gasteiger partial charge in [-0.05, 0) is 54.5 Å². The first-order chi connectivity index (χ1) is 19.7. The maximum Gasteiger partial charge on any atom is 0.328 e. The first kappa shape index (κ1) is 25.6. The normalized spacial score (nSPS) is 14.5. The maximum absolute atomic E-state index is 11.6. The summed E-state index contributed by atoms with van der Waals surface area (Å²) < 4.78 is 8.53. The average molecular weight is 530 g/mol. The second-order valence-corrected chi connectivity index (χ2v) is 10.2. The molecule has 200 valence electrons. The molecule has 40 heavy (non-hydrogen) atoms. The number of ether oxygens (including phenoxy) is 1. The highest BCUT2D eigenvalue weighted by Gasteiger charge is 2.41. The number of carboxylic acid groups (broad SMARTS) is 1. The van der Waals surface area contributed by atoms with E-state index in [2.05, 4.69) is 41.4 Å². The SMILES string of the molecule is O=C(O)C=Cc1nn(C(c2ccccc2)(c2ccccc2)c2ccccc2)c2ccnc(OC3CCCCC3)c12. The molecule has 0 amide bonds. The number of fused-ring (bicyclic) bond motifs is 1. The smallest absolute Gasteiger partial charge is 0.328 e. The molecule has 0 unspecified atom stereocenters. The molecule has 1 saturated carbocycles. The maximum atomic E-state index is 11.6. The molecule has 0 aliphatic heterocycles. The summed E-state index contributed by atoms with van der Waals surface area (Å²) >= 11 is 0. The van der Waals surface area contributed by atoms with Crippen molar-refractivity contribution in [2.24, 2.45) is 0 Å². The Morgan fingerprint density at radius 2 is 1.38 bits per heavy atom. The lowest BCUT2D eigenvalue weighted by molar-refractivity contribution is -0.131. The molecule has 1 aliphatic rings. The van der Waals surface area contributed by atoms with E-state index in [4.69, 9.17) is 9.84 Å². The Bertz CT molecular complexity index is 1530. The van der Waals surface area contributed by atoms with Gasteiger partial charge in [0.2, 0.25) is 5.88 Å². The van der Waals surface area contributed by atoms with Gasteiger partial charge in [-0.1, -0.05) is 97.4 Å². The van der Waals surface area contributed by atoms with Crippen molar-refractivity contribution in [1.82, 2.24) is 14.8 Å². The fourth-order valence-electron chi connectivity index (χ4n) is 5.92. The Hall–Kier alpha value is -4.71. The number of aliphatic carboxylic acids is 1. The van der Waals surface area contributed by atoms with Gasteiger partial charge in [-0.25, -0.2) is 14.5 Å². The highest BCUT2D eigenvalue weighted by atomic mass is 16.5. The zero-order valence-corrected chi connectivity index (χ0v) is 22.2. The van der Waals surface area contributed by atoms with Crippen molar-refractivity contribution in [2.45, 2.75) is 43.7 Å². The van der Waals surface area contributed by atoms with E-state index in [1.54, 1.807) is 12.3 Å². The molecule has 5 aromatic rings. The topological polar surface area (TPSA) is 77.2 Å². The standard InChI is InChI=1S/C34H31N3O3/c38-31(39)22-21-29-32-30(23-24-35-33(32)40-28-19-11-4-12-20-28)37(36-29)34(25-13-5-1-6-14-25,26-15-7-2-8-16-26)27-17-9-3-10-18-27/h1-3,5-10,13-18,21-24,28H,4,11-12,19-20H2,(H,38,39). The lowest BCUT2D eigenvalue weighted by Crippen LogP contribution is -2.38. The monoisotopic (exact) mass is 529 g/mol. The molecule has 1 N–H and O–H groups in total. The van der Waals surface area contributed by atoms with Gasteiger partial charge in [-0.2, -0.15) is 5.10 Å². The van der Waals surface area contributed by atoms with Crippen molar-refractivity contribution in [3.05, 3.63) is 132 Å². The fraction of sp³-hybridized carbons (Fsp3) is 0.206. The number of nitrogens with zero attached hydrogens (tertiary/aromatic N) is 3. The molecule has 0 saturated heterocycles. The third-order valence-electron chi connectivity index (χ3n) is 7.69. The van der Waals surface area contributed by atoms with E-state index in [-0.39, 0.29) is 6.10 Å². The highest BCUT2D eigenvalue weighted by Crippen LogP contribution is 2.44. The van der Waals surface area contributed by atoms with E-state index < -0.39 is 11.5 Å². The minimum absolute atomic E-state index is 0.0774. The van der Waals surface area contributed by atoms with Gasteiger partial charge in [0.1, 0.15) is 11.6 Å². The molecule has 0 spiro atoms. The summed E-state index contributed by atoms with van der Waals surface area (Å²) in [6.07, 6.45) is 9.94. The first-order valence-electron chi connectivity index (χ1n) is 13.8. The van der Waals surface area contributed by atoms with Crippen LogP contribution < -0.4 is 4.74 Å². The number of benzene rings is 3. The fourth-order valence-corrected chi connectivity index (χ4v) is 5.92. The molecule has 0 radical (unpaired) electrons. The van der Waals surface area contributed by atoms with Gasteiger partial charge >= 0.3 is 5.97 Å². The van der Waals surface area contributed by atoms with Gasteiger partial charge in [0.25, 0.3) is 0 Å². The molecule has 6 rings (SSSR count). The molecule has 2 heterocycles. The average Bonchev–Trinajstić information content (AvgIpc) is 3.38. The summed E-state index contributed by atoms with van der Waals surface area (Å²) in [5, 5.41) is 15.4. The Morgan fingerprint density at radius 1 is 0.825 bits per heavy atom. The zero-order valence-electron chi connectivity index (χ0n) is 22.2. The van der Waals surface area contributed by atoms with E-state index in [0.29, 0.717) is 17.0 Å². The number of rotatable bonds is 8. The lowest BCUT2D eigenvalue weighted by atomic mass is 9.77. The number of hydrogen-bond acceptors (Lipinski definition) is 4. The minimum Gasteiger partial charge on any atom is -0.478 e. The second kappa shape index (κ2) is 11.2. The Balaban J connectivity index is 1.69. The molecule has 1 aliphatic carbocycles. The third-order valence-corrected chi connectivity index (χ3v) is 7.69. The van der Waals surface area contributed by atoms with Crippen LogP contribution in [0, 0.1) is 0 Å². The molecule has 0 atom stereocenters. The Morgan fingerprint density at radius 3 is 1.90 bits per heavy atom. The summed E-state index contributed by atoms with van der Waals surface area (Å²) in [6.45, 7) is 0. The van der Waals surface area contributed by atoms with E-state index in [9.17, 15) is 9.90 Å². The van der Waals surface area contributed by atoms with Crippen LogP contribution in [0.3, 0.4) is 0 Å². The Kier molecular flexibility index (Phi) is 7.15. The predicted molar refractivity (Wildman–Crippen MR) is 156 cm³/mol. The van der Waals surface area contributed by atoms with E-state index >= 15 is 0 Å². The van der Waals surface area contributed by atoms with Crippen molar-refractivity contribution in [1.29, 1.82) is 0 Å². The summed E-state index contributed by atoms with van der Waals surface area (Å²) in [7, 11) is 0. The van der Waals surface area contributed by atoms with Gasteiger partial charge in [-0.15, -0.1) is 0 Å². The lowest BCUT2D eigenvalue weighted by Gasteiger charge is -2.37. The van der Waals surface area contributed by atoms with Crippen LogP contribution in [-0.2, 0) is 10.3 Å². The molecule has 3 aromatic carbocycles. The summed E-state index contributed by atoms with van der Waals surface area (Å²) in [6, 6.07) is 32.8. The quantitative estimate of drug-likeness (QED) is 0.172. The van der Waals surface area contributed by atoms with Crippen molar-refractivity contribution >= 4 is 22.9 Å². The van der Waals surface area contributed by atoms with Crippen LogP contribution >= 0.6 is 0 Å². The van der Waals surface area contributed by atoms with Crippen LogP contribution in [-0.4, -0.2) is 31.9 Å². The van der Waals surface area contributed by atoms with Gasteiger partial charge < -0.3 is 9.84 Å². The third kappa shape index (κ3) is 4.66. The van der Waals surface area contributed by atoms with Gasteiger partial charge in [0, 0.05) is 12.3 Å². The summed E-state index contributed by atoms with van der Waals surface area (Å²) in [4.78, 5) is 16.3. The number of pyridine rings is 1. The second-order valence-electron chi connectivity index (χ2n) is 10.2. The first-order valence-corrected chi connectivity index (χ1v) is 13.8. The largest absolute Gasteiger partial charge is 0.478 e. The number of carboxylic acids is 1. The van der Waals surface area contributed by atoms with Crippen LogP contribution in [0.5, 0.6) is 5.88 Å². The molecular formula is C34H31N3O3. The minimum atomic E-state index is -1.04. The van der Waals surface area contributed by atoms with Crippen LogP contribution in [0.2, 0.25) is 0 Å². The van der Waals surface area contributed by atoms with Gasteiger partial charge in [0.15, 0.2) is 0 Å². The number of aromatic nitrogens is 3. The molecular weight excluding hydrogens is 498 g/mol. The summed E-state index contributed by atoms with van der Waals surface area (Å²) in [5.74, 6) is -0.550. The molecule has 1 fully saturated rings. The van der Waals surface area contributed by atoms with Crippen molar-refractivity contribution < 1.29 is 14.6 Å². The zero-order chi connectivity index (χ0) is 27.4. The van der Waals surface area contributed by atoms with Gasteiger partial charge in [0.05, 0.1) is 16.6 Å². The van der Waals surface area contributed by atoms with Crippen LogP contribution in [0.15, 0.2) is 109 Å². The molecule has 0 bridgehead atoms. The van der Waals surface area contributed by atoms with E-state index in [1.165, 1.54) is 6.42 Å². The van der Waals surface area contributed by atoms with E-state index in [0.717, 1.165) is 54.0 Å². The molecule has 2 aromatic heterocycles. The summed E-state index contributed by atoms with van der Waals surface area (Å²) in [5.41, 5.74) is 3.53.